The van der Waals surface area contributed by atoms with Crippen molar-refractivity contribution in [1.29, 1.82) is 0 Å². The van der Waals surface area contributed by atoms with Crippen LogP contribution >= 0.6 is 0 Å². The van der Waals surface area contributed by atoms with Crippen molar-refractivity contribution in [2.24, 2.45) is 11.8 Å². The van der Waals surface area contributed by atoms with Crippen molar-refractivity contribution in [3.8, 4) is 23.0 Å². The summed E-state index contributed by atoms with van der Waals surface area (Å²) in [5.41, 5.74) is 11.6. The number of aryl methyl sites for hydroxylation is 4. The molecule has 0 saturated heterocycles. The van der Waals surface area contributed by atoms with Gasteiger partial charge in [0.1, 0.15) is 23.0 Å². The number of amides is 4. The Morgan fingerprint density at radius 2 is 0.694 bits per heavy atom. The predicted molar refractivity (Wildman–Crippen MR) is 453 cm³/mol. The molecule has 2 fully saturated rings. The number of benzene rings is 5. The number of rotatable bonds is 21. The van der Waals surface area contributed by atoms with Crippen molar-refractivity contribution in [1.82, 2.24) is 16.0 Å². The highest BCUT2D eigenvalue weighted by Gasteiger charge is 2.32. The molecule has 108 heavy (non-hydrogen) atoms. The summed E-state index contributed by atoms with van der Waals surface area (Å²) in [6.07, 6.45) is 17.6. The lowest BCUT2D eigenvalue weighted by atomic mass is 9.78. The van der Waals surface area contributed by atoms with E-state index in [1.807, 2.05) is 54.6 Å². The number of phenols is 4. The Kier molecular flexibility index (Phi) is 34.5. The van der Waals surface area contributed by atoms with E-state index in [1.54, 1.807) is 0 Å². The highest BCUT2D eigenvalue weighted by Crippen LogP contribution is 2.45. The molecule has 0 bridgehead atoms. The number of hydrogen-bond acceptors (Lipinski definition) is 9. The second-order valence-electron chi connectivity index (χ2n) is 40.2. The average molecular weight is 1490 g/mol. The van der Waals surface area contributed by atoms with Crippen LogP contribution in [0, 0.1) is 11.8 Å². The number of aliphatic hydroxyl groups excluding tert-OH is 1. The second kappa shape index (κ2) is 39.9. The summed E-state index contributed by atoms with van der Waals surface area (Å²) in [6.45, 7) is 57.9. The van der Waals surface area contributed by atoms with Gasteiger partial charge in [0, 0.05) is 44.0 Å². The zero-order valence-corrected chi connectivity index (χ0v) is 72.6. The first-order chi connectivity index (χ1) is 49.6. The van der Waals surface area contributed by atoms with Crippen LogP contribution in [0.4, 0.5) is 5.69 Å². The van der Waals surface area contributed by atoms with E-state index in [-0.39, 0.29) is 79.0 Å². The lowest BCUT2D eigenvalue weighted by Gasteiger charge is -2.29. The van der Waals surface area contributed by atoms with Gasteiger partial charge in [0.2, 0.25) is 23.6 Å². The first-order valence-electron chi connectivity index (χ1n) is 40.9. The quantitative estimate of drug-likeness (QED) is 0.0341. The van der Waals surface area contributed by atoms with Crippen LogP contribution in [0.15, 0.2) is 78.9 Å². The largest absolute Gasteiger partial charge is 0.507 e. The van der Waals surface area contributed by atoms with E-state index < -0.39 is 6.10 Å². The fraction of sp³-hybridized carbons (Fsp3) is 0.642. The van der Waals surface area contributed by atoms with Crippen LogP contribution in [-0.4, -0.2) is 73.9 Å². The zero-order chi connectivity index (χ0) is 81.9. The molecule has 0 aromatic heterocycles. The van der Waals surface area contributed by atoms with Gasteiger partial charge >= 0.3 is 0 Å². The van der Waals surface area contributed by atoms with Gasteiger partial charge in [0.15, 0.2) is 0 Å². The SMILES string of the molecule is CC(C)(C)c1cc(CCC(=O)NC2CCCCC2O)cc(C(C)(C)C)c1O.CC(C)(C)c1cc(CCC(=O)NCC2CCCCC2)cc(C(C)(C)C)c1O.CC(C)(C)c1cc(CCC(=O)Nc2ccccc2)cc(C(C)(C)C)c1O.CC(C)CCCC(C)NC(=O)CCc1cc(C(C)(C)C)c(O)c(C(C)(C)C)c1. The molecule has 5 aromatic carbocycles. The van der Waals surface area contributed by atoms with Gasteiger partial charge in [-0.1, -0.05) is 292 Å². The van der Waals surface area contributed by atoms with Crippen LogP contribution in [0.2, 0.25) is 0 Å². The van der Waals surface area contributed by atoms with E-state index in [0.717, 1.165) is 118 Å². The normalized spacial score (nSPS) is 15.8. The molecule has 5 aromatic rings. The third-order valence-electron chi connectivity index (χ3n) is 21.0. The van der Waals surface area contributed by atoms with Crippen LogP contribution in [-0.2, 0) is 88.2 Å². The monoisotopic (exact) mass is 1490 g/mol. The fourth-order valence-corrected chi connectivity index (χ4v) is 14.3. The molecule has 7 rings (SSSR count). The maximum absolute atomic E-state index is 12.4. The highest BCUT2D eigenvalue weighted by molar-refractivity contribution is 5.90. The average Bonchev–Trinajstić information content (AvgIpc) is 0.802. The van der Waals surface area contributed by atoms with Gasteiger partial charge in [0.25, 0.3) is 0 Å². The summed E-state index contributed by atoms with van der Waals surface area (Å²) < 4.78 is 0. The number of hydrogen-bond donors (Lipinski definition) is 9. The van der Waals surface area contributed by atoms with E-state index in [0.29, 0.717) is 86.2 Å². The molecule has 3 atom stereocenters. The summed E-state index contributed by atoms with van der Waals surface area (Å²) in [4.78, 5) is 49.4. The summed E-state index contributed by atoms with van der Waals surface area (Å²) >= 11 is 0. The number of aromatic hydroxyl groups is 4. The Morgan fingerprint density at radius 1 is 0.389 bits per heavy atom. The second-order valence-corrected chi connectivity index (χ2v) is 40.2. The lowest BCUT2D eigenvalue weighted by molar-refractivity contribution is -0.123. The number of para-hydroxylation sites is 1. The number of carbonyl (C=O) groups excluding carboxylic acids is 4. The molecule has 2 aliphatic rings. The summed E-state index contributed by atoms with van der Waals surface area (Å²) in [5.74, 6) is 3.16. The van der Waals surface area contributed by atoms with Crippen LogP contribution in [0.25, 0.3) is 0 Å². The standard InChI is InChI=1S/C25H43NO2.C24H39NO2.C23H37NO3.C23H31NO2/c1-17(2)11-10-12-18(3)26-22(27)14-13-19-15-20(24(4,5)6)23(28)21(16-19)25(7,8)9;1-23(2,3)19-14-18(15-20(22(19)27)24(4,5)6)12-13-21(26)25-16-17-10-8-7-9-11-17;1-22(2,3)16-13-15(14-17(21(16)27)23(4,5)6)11-12-20(26)24-18-9-7-8-10-19(18)25;1-22(2,3)18-14-16(15-19(21(18)26)23(4,5)6)12-13-20(25)24-17-10-8-7-9-11-17/h15-18,28H,10-14H2,1-9H3,(H,26,27);14-15,17,27H,7-13,16H2,1-6H3,(H,25,26);13-14,18-19,25,27H,7-12H2,1-6H3,(H,24,26);7-11,14-15,26H,12-13H2,1-6H3,(H,24,25). The number of phenolic OH excluding ortho intramolecular Hbond substituents is 4. The van der Waals surface area contributed by atoms with E-state index in [1.165, 1.54) is 38.5 Å². The Balaban J connectivity index is 0.000000304. The minimum Gasteiger partial charge on any atom is -0.507 e. The Bertz CT molecular complexity index is 3550. The predicted octanol–water partition coefficient (Wildman–Crippen LogP) is 21.8. The molecule has 0 aliphatic heterocycles. The van der Waals surface area contributed by atoms with Gasteiger partial charge in [-0.25, -0.2) is 0 Å². The fourth-order valence-electron chi connectivity index (χ4n) is 14.3. The molecule has 0 heterocycles. The number of nitrogens with one attached hydrogen (secondary N) is 4. The molecule has 4 amide bonds. The van der Waals surface area contributed by atoms with Crippen LogP contribution in [0.5, 0.6) is 23.0 Å². The van der Waals surface area contributed by atoms with Gasteiger partial charge in [-0.05, 0) is 199 Å². The van der Waals surface area contributed by atoms with Crippen molar-refractivity contribution >= 4 is 29.3 Å². The molecule has 0 radical (unpaired) electrons. The molecule has 13 nitrogen and oxygen atoms in total. The minimum atomic E-state index is -0.420. The summed E-state index contributed by atoms with van der Waals surface area (Å²) in [6, 6.07) is 26.1. The van der Waals surface area contributed by atoms with Gasteiger partial charge in [-0.15, -0.1) is 0 Å². The number of aliphatic hydroxyl groups is 1. The Morgan fingerprint density at radius 3 is 1.02 bits per heavy atom. The molecule has 3 unspecified atom stereocenters. The van der Waals surface area contributed by atoms with E-state index in [2.05, 4.69) is 232 Å². The van der Waals surface area contributed by atoms with Gasteiger partial charge in [-0.2, -0.15) is 0 Å². The topological polar surface area (TPSA) is 218 Å². The first-order valence-corrected chi connectivity index (χ1v) is 40.9. The van der Waals surface area contributed by atoms with Crippen molar-refractivity contribution in [3.05, 3.63) is 146 Å². The van der Waals surface area contributed by atoms with Crippen LogP contribution < -0.4 is 21.3 Å². The highest BCUT2D eigenvalue weighted by atomic mass is 16.3. The van der Waals surface area contributed by atoms with Crippen molar-refractivity contribution in [2.75, 3.05) is 11.9 Å². The van der Waals surface area contributed by atoms with Crippen molar-refractivity contribution in [2.45, 2.75) is 377 Å². The van der Waals surface area contributed by atoms with E-state index >= 15 is 0 Å². The molecule has 9 N–H and O–H groups in total. The maximum atomic E-state index is 12.4. The lowest BCUT2D eigenvalue weighted by Crippen LogP contribution is -2.45. The maximum Gasteiger partial charge on any atom is 0.224 e. The summed E-state index contributed by atoms with van der Waals surface area (Å²) in [5, 5.41) is 65.5. The number of anilines is 1. The van der Waals surface area contributed by atoms with Gasteiger partial charge in [0.05, 0.1) is 12.1 Å². The zero-order valence-electron chi connectivity index (χ0n) is 72.6. The minimum absolute atomic E-state index is 0.00103. The van der Waals surface area contributed by atoms with Crippen LogP contribution in [0.3, 0.4) is 0 Å². The molecular formula is C95H150N4O9. The molecule has 0 spiro atoms. The Hall–Kier alpha value is -6.86. The molecular weight excluding hydrogens is 1340 g/mol. The van der Waals surface area contributed by atoms with E-state index in [9.17, 15) is 44.7 Å². The van der Waals surface area contributed by atoms with Gasteiger partial charge < -0.3 is 46.8 Å². The molecule has 2 saturated carbocycles. The molecule has 13 heteroatoms. The molecule has 604 valence electrons. The summed E-state index contributed by atoms with van der Waals surface area (Å²) in [7, 11) is 0. The van der Waals surface area contributed by atoms with Crippen molar-refractivity contribution in [3.63, 3.8) is 0 Å². The Labute approximate surface area is 655 Å². The number of carbonyl (C=O) groups is 4. The third-order valence-corrected chi connectivity index (χ3v) is 21.0. The third kappa shape index (κ3) is 31.1. The first kappa shape index (κ1) is 93.5. The molecule has 2 aliphatic carbocycles. The van der Waals surface area contributed by atoms with Crippen molar-refractivity contribution < 1.29 is 44.7 Å². The van der Waals surface area contributed by atoms with Crippen LogP contribution in [0.1, 0.15) is 356 Å². The smallest absolute Gasteiger partial charge is 0.224 e. The van der Waals surface area contributed by atoms with Gasteiger partial charge in [-0.3, -0.25) is 19.2 Å². The van der Waals surface area contributed by atoms with E-state index in [4.69, 9.17) is 0 Å².